The number of imidazole rings is 1. The number of nitrogens with zero attached hydrogens (tertiary/aromatic N) is 2. The fraction of sp³-hybridized carbons (Fsp3) is 0.308. The number of fused-ring (bicyclic) bond motifs is 1. The lowest BCUT2D eigenvalue weighted by Crippen LogP contribution is -2.21. The number of carbonyl (C=O) groups excluding carboxylic acids is 2. The third-order valence-corrected chi connectivity index (χ3v) is 2.72. The summed E-state index contributed by atoms with van der Waals surface area (Å²) in [5.74, 6) is 0.0889. The van der Waals surface area contributed by atoms with Gasteiger partial charge < -0.3 is 14.6 Å². The molecular formula is C13H15N3O3. The van der Waals surface area contributed by atoms with Gasteiger partial charge in [0.05, 0.1) is 18.1 Å². The van der Waals surface area contributed by atoms with Gasteiger partial charge in [0.15, 0.2) is 0 Å². The van der Waals surface area contributed by atoms with Crippen molar-refractivity contribution in [2.75, 3.05) is 21.2 Å². The Bertz CT molecular complexity index is 631. The number of benzene rings is 1. The molecule has 2 rings (SSSR count). The summed E-state index contributed by atoms with van der Waals surface area (Å²) in [6, 6.07) is 5.20. The minimum Gasteiger partial charge on any atom is -0.469 e. The Labute approximate surface area is 110 Å². The highest BCUT2D eigenvalue weighted by Crippen LogP contribution is 2.15. The molecule has 0 bridgehead atoms. The highest BCUT2D eigenvalue weighted by Gasteiger charge is 2.12. The third-order valence-electron chi connectivity index (χ3n) is 2.72. The first-order valence-corrected chi connectivity index (χ1v) is 5.78. The maximum absolute atomic E-state index is 11.8. The largest absolute Gasteiger partial charge is 0.469 e. The van der Waals surface area contributed by atoms with E-state index in [1.54, 1.807) is 32.3 Å². The molecule has 0 aliphatic heterocycles. The van der Waals surface area contributed by atoms with Crippen molar-refractivity contribution in [1.29, 1.82) is 0 Å². The van der Waals surface area contributed by atoms with Crippen LogP contribution in [0.1, 0.15) is 16.2 Å². The minimum absolute atomic E-state index is 0.0778. The summed E-state index contributed by atoms with van der Waals surface area (Å²) in [4.78, 5) is 31.8. The summed E-state index contributed by atoms with van der Waals surface area (Å²) in [6.07, 6.45) is 0.0855. The lowest BCUT2D eigenvalue weighted by atomic mass is 10.2. The van der Waals surface area contributed by atoms with E-state index in [2.05, 4.69) is 14.7 Å². The molecule has 6 nitrogen and oxygen atoms in total. The first-order valence-electron chi connectivity index (χ1n) is 5.78. The van der Waals surface area contributed by atoms with Crippen molar-refractivity contribution in [3.05, 3.63) is 29.6 Å². The number of ether oxygens (including phenoxy) is 1. The van der Waals surface area contributed by atoms with Gasteiger partial charge in [-0.15, -0.1) is 0 Å². The number of nitrogens with one attached hydrogen (secondary N) is 1. The van der Waals surface area contributed by atoms with Gasteiger partial charge in [-0.1, -0.05) is 0 Å². The van der Waals surface area contributed by atoms with E-state index in [4.69, 9.17) is 0 Å². The standard InChI is InChI=1S/C13H15N3O3/c1-16(2)13(18)8-4-5-9-10(6-8)15-11(14-9)7-12(17)19-3/h4-6H,7H2,1-3H3,(H,14,15). The molecular weight excluding hydrogens is 246 g/mol. The van der Waals surface area contributed by atoms with Crippen LogP contribution in [-0.2, 0) is 16.0 Å². The molecule has 0 aliphatic carbocycles. The van der Waals surface area contributed by atoms with Gasteiger partial charge in [0.25, 0.3) is 5.91 Å². The predicted octanol–water partition coefficient (Wildman–Crippen LogP) is 0.980. The molecule has 19 heavy (non-hydrogen) atoms. The van der Waals surface area contributed by atoms with Crippen LogP contribution in [0.2, 0.25) is 0 Å². The second-order valence-corrected chi connectivity index (χ2v) is 4.37. The van der Waals surface area contributed by atoms with Gasteiger partial charge in [0, 0.05) is 19.7 Å². The van der Waals surface area contributed by atoms with Crippen LogP contribution in [-0.4, -0.2) is 47.9 Å². The van der Waals surface area contributed by atoms with Gasteiger partial charge in [0.1, 0.15) is 12.2 Å². The average molecular weight is 261 g/mol. The Morgan fingerprint density at radius 1 is 1.37 bits per heavy atom. The lowest BCUT2D eigenvalue weighted by molar-refractivity contribution is -0.139. The van der Waals surface area contributed by atoms with E-state index in [0.717, 1.165) is 5.52 Å². The fourth-order valence-corrected chi connectivity index (χ4v) is 1.75. The molecule has 0 atom stereocenters. The minimum atomic E-state index is -0.358. The molecule has 2 aromatic rings. The van der Waals surface area contributed by atoms with Crippen molar-refractivity contribution >= 4 is 22.9 Å². The number of aromatic nitrogens is 2. The average Bonchev–Trinajstić information content (AvgIpc) is 2.78. The smallest absolute Gasteiger partial charge is 0.313 e. The van der Waals surface area contributed by atoms with Crippen molar-refractivity contribution in [2.24, 2.45) is 0 Å². The van der Waals surface area contributed by atoms with Crippen LogP contribution in [0.15, 0.2) is 18.2 Å². The van der Waals surface area contributed by atoms with Crippen molar-refractivity contribution in [1.82, 2.24) is 14.9 Å². The van der Waals surface area contributed by atoms with E-state index >= 15 is 0 Å². The predicted molar refractivity (Wildman–Crippen MR) is 69.8 cm³/mol. The van der Waals surface area contributed by atoms with Crippen molar-refractivity contribution in [2.45, 2.75) is 6.42 Å². The fourth-order valence-electron chi connectivity index (χ4n) is 1.75. The summed E-state index contributed by atoms with van der Waals surface area (Å²) in [5.41, 5.74) is 2.02. The van der Waals surface area contributed by atoms with E-state index < -0.39 is 0 Å². The molecule has 1 aromatic carbocycles. The molecule has 0 fully saturated rings. The number of esters is 1. The highest BCUT2D eigenvalue weighted by molar-refractivity contribution is 5.97. The zero-order valence-electron chi connectivity index (χ0n) is 11.1. The van der Waals surface area contributed by atoms with E-state index in [-0.39, 0.29) is 18.3 Å². The highest BCUT2D eigenvalue weighted by atomic mass is 16.5. The molecule has 0 radical (unpaired) electrons. The monoisotopic (exact) mass is 261 g/mol. The van der Waals surface area contributed by atoms with Crippen molar-refractivity contribution in [3.8, 4) is 0 Å². The summed E-state index contributed by atoms with van der Waals surface area (Å²) >= 11 is 0. The number of aromatic amines is 1. The van der Waals surface area contributed by atoms with Crippen molar-refractivity contribution < 1.29 is 14.3 Å². The maximum Gasteiger partial charge on any atom is 0.313 e. The number of methoxy groups -OCH3 is 1. The third kappa shape index (κ3) is 2.73. The summed E-state index contributed by atoms with van der Waals surface area (Å²) in [7, 11) is 4.73. The van der Waals surface area contributed by atoms with E-state index in [0.29, 0.717) is 16.9 Å². The zero-order valence-corrected chi connectivity index (χ0v) is 11.1. The van der Waals surface area contributed by atoms with Gasteiger partial charge in [-0.3, -0.25) is 9.59 Å². The van der Waals surface area contributed by atoms with Gasteiger partial charge in [-0.05, 0) is 18.2 Å². The SMILES string of the molecule is COC(=O)Cc1nc2ccc(C(=O)N(C)C)cc2[nH]1. The van der Waals surface area contributed by atoms with Crippen LogP contribution < -0.4 is 0 Å². The van der Waals surface area contributed by atoms with Crippen LogP contribution in [0, 0.1) is 0 Å². The molecule has 100 valence electrons. The van der Waals surface area contributed by atoms with Crippen LogP contribution >= 0.6 is 0 Å². The topological polar surface area (TPSA) is 75.3 Å². The quantitative estimate of drug-likeness (QED) is 0.836. The van der Waals surface area contributed by atoms with Gasteiger partial charge in [-0.25, -0.2) is 4.98 Å². The zero-order chi connectivity index (χ0) is 14.0. The molecule has 0 unspecified atom stereocenters. The van der Waals surface area contributed by atoms with Crippen molar-refractivity contribution in [3.63, 3.8) is 0 Å². The number of hydrogen-bond donors (Lipinski definition) is 1. The van der Waals surface area contributed by atoms with E-state index in [9.17, 15) is 9.59 Å². The van der Waals surface area contributed by atoms with Crippen LogP contribution in [0.4, 0.5) is 0 Å². The molecule has 0 aliphatic rings. The first-order chi connectivity index (χ1) is 9.01. The molecule has 1 N–H and O–H groups in total. The maximum atomic E-state index is 11.8. The molecule has 1 aromatic heterocycles. The molecule has 1 amide bonds. The Hall–Kier alpha value is -2.37. The van der Waals surface area contributed by atoms with E-state index in [1.165, 1.54) is 12.0 Å². The summed E-state index contributed by atoms with van der Waals surface area (Å²) in [6.45, 7) is 0. The van der Waals surface area contributed by atoms with Gasteiger partial charge in [0.2, 0.25) is 0 Å². The lowest BCUT2D eigenvalue weighted by Gasteiger charge is -2.09. The molecule has 0 spiro atoms. The second kappa shape index (κ2) is 5.09. The van der Waals surface area contributed by atoms with Crippen LogP contribution in [0.5, 0.6) is 0 Å². The number of hydrogen-bond acceptors (Lipinski definition) is 4. The van der Waals surface area contributed by atoms with Gasteiger partial charge >= 0.3 is 5.97 Å². The Morgan fingerprint density at radius 3 is 2.74 bits per heavy atom. The molecule has 0 saturated heterocycles. The number of rotatable bonds is 3. The van der Waals surface area contributed by atoms with Crippen LogP contribution in [0.3, 0.4) is 0 Å². The normalized spacial score (nSPS) is 10.5. The summed E-state index contributed by atoms with van der Waals surface area (Å²) < 4.78 is 4.58. The van der Waals surface area contributed by atoms with Crippen LogP contribution in [0.25, 0.3) is 11.0 Å². The molecule has 6 heteroatoms. The van der Waals surface area contributed by atoms with E-state index in [1.807, 2.05) is 0 Å². The first kappa shape index (κ1) is 13.1. The number of H-pyrrole nitrogens is 1. The molecule has 0 saturated carbocycles. The summed E-state index contributed by atoms with van der Waals surface area (Å²) in [5, 5.41) is 0. The Balaban J connectivity index is 2.33. The second-order valence-electron chi connectivity index (χ2n) is 4.37. The number of carbonyl (C=O) groups is 2. The number of amides is 1. The Kier molecular flexibility index (Phi) is 3.50. The Morgan fingerprint density at radius 2 is 2.11 bits per heavy atom. The molecule has 1 heterocycles. The van der Waals surface area contributed by atoms with Gasteiger partial charge in [-0.2, -0.15) is 0 Å².